The van der Waals surface area contributed by atoms with Crippen molar-refractivity contribution in [1.82, 2.24) is 24.9 Å². The summed E-state index contributed by atoms with van der Waals surface area (Å²) in [5, 5.41) is 7.27. The zero-order chi connectivity index (χ0) is 20.5. The van der Waals surface area contributed by atoms with E-state index in [0.29, 0.717) is 30.4 Å². The summed E-state index contributed by atoms with van der Waals surface area (Å²) in [5.41, 5.74) is 2.42. The van der Waals surface area contributed by atoms with Gasteiger partial charge in [0.15, 0.2) is 17.5 Å². The minimum atomic E-state index is -0.849. The Morgan fingerprint density at radius 1 is 1.21 bits per heavy atom. The number of halogens is 2. The molecule has 1 atom stereocenters. The first kappa shape index (κ1) is 19.2. The van der Waals surface area contributed by atoms with Crippen molar-refractivity contribution in [3.05, 3.63) is 53.1 Å². The minimum absolute atomic E-state index is 0.0848. The average Bonchev–Trinajstić information content (AvgIpc) is 3.29. The van der Waals surface area contributed by atoms with Crippen molar-refractivity contribution in [2.45, 2.75) is 26.7 Å². The van der Waals surface area contributed by atoms with E-state index in [1.165, 1.54) is 6.07 Å². The number of rotatable bonds is 5. The van der Waals surface area contributed by atoms with Gasteiger partial charge in [0.05, 0.1) is 6.42 Å². The zero-order valence-electron chi connectivity index (χ0n) is 16.3. The van der Waals surface area contributed by atoms with Crippen LogP contribution in [0.4, 0.5) is 14.5 Å². The van der Waals surface area contributed by atoms with Crippen LogP contribution in [0.3, 0.4) is 0 Å². The predicted octanol–water partition coefficient (Wildman–Crippen LogP) is 2.20. The molecule has 1 aliphatic heterocycles. The Morgan fingerprint density at radius 2 is 2.03 bits per heavy atom. The van der Waals surface area contributed by atoms with Crippen LogP contribution in [0.25, 0.3) is 5.78 Å². The van der Waals surface area contributed by atoms with E-state index in [1.54, 1.807) is 10.6 Å². The van der Waals surface area contributed by atoms with Crippen LogP contribution in [0.15, 0.2) is 24.3 Å². The Kier molecular flexibility index (Phi) is 5.12. The molecule has 1 fully saturated rings. The monoisotopic (exact) mass is 400 g/mol. The van der Waals surface area contributed by atoms with Crippen molar-refractivity contribution in [1.29, 1.82) is 0 Å². The number of amides is 1. The summed E-state index contributed by atoms with van der Waals surface area (Å²) in [6.45, 7) is 5.74. The van der Waals surface area contributed by atoms with Crippen LogP contribution < -0.4 is 10.2 Å². The molecule has 0 spiro atoms. The Bertz CT molecular complexity index is 1070. The number of carbonyl (C=O) groups excluding carboxylic acids is 1. The van der Waals surface area contributed by atoms with Gasteiger partial charge in [0, 0.05) is 42.8 Å². The molecule has 152 valence electrons. The smallest absolute Gasteiger partial charge is 0.252 e. The molecular weight excluding hydrogens is 378 g/mol. The van der Waals surface area contributed by atoms with E-state index in [1.807, 2.05) is 24.8 Å². The third kappa shape index (κ3) is 4.18. The van der Waals surface area contributed by atoms with E-state index in [4.69, 9.17) is 0 Å². The second-order valence-corrected chi connectivity index (χ2v) is 7.46. The molecule has 0 aliphatic carbocycles. The fraction of sp³-hybridized carbons (Fsp3) is 0.400. The molecule has 3 aromatic rings. The molecule has 0 bridgehead atoms. The highest BCUT2D eigenvalue weighted by molar-refractivity contribution is 5.77. The molecule has 3 heterocycles. The van der Waals surface area contributed by atoms with E-state index in [2.05, 4.69) is 20.4 Å². The van der Waals surface area contributed by atoms with Crippen LogP contribution in [0.1, 0.15) is 23.6 Å². The van der Waals surface area contributed by atoms with Gasteiger partial charge in [-0.3, -0.25) is 4.79 Å². The fourth-order valence-electron chi connectivity index (χ4n) is 3.66. The van der Waals surface area contributed by atoms with Gasteiger partial charge in [-0.05, 0) is 44.4 Å². The first-order valence-electron chi connectivity index (χ1n) is 9.55. The number of anilines is 1. The van der Waals surface area contributed by atoms with Gasteiger partial charge in [-0.1, -0.05) is 0 Å². The second-order valence-electron chi connectivity index (χ2n) is 7.46. The summed E-state index contributed by atoms with van der Waals surface area (Å²) in [5.74, 6) is -0.687. The van der Waals surface area contributed by atoms with Gasteiger partial charge in [-0.2, -0.15) is 4.98 Å². The molecule has 0 radical (unpaired) electrons. The third-order valence-corrected chi connectivity index (χ3v) is 5.12. The Morgan fingerprint density at radius 3 is 2.83 bits per heavy atom. The van der Waals surface area contributed by atoms with Crippen molar-refractivity contribution >= 4 is 17.4 Å². The molecule has 1 N–H and O–H groups in total. The molecule has 29 heavy (non-hydrogen) atoms. The van der Waals surface area contributed by atoms with Crippen molar-refractivity contribution < 1.29 is 13.6 Å². The number of benzene rings is 1. The summed E-state index contributed by atoms with van der Waals surface area (Å²) < 4.78 is 28.2. The van der Waals surface area contributed by atoms with Crippen LogP contribution in [0.2, 0.25) is 0 Å². The summed E-state index contributed by atoms with van der Waals surface area (Å²) in [7, 11) is 0. The van der Waals surface area contributed by atoms with Gasteiger partial charge in [-0.15, -0.1) is 5.10 Å². The molecule has 1 unspecified atom stereocenters. The summed E-state index contributed by atoms with van der Waals surface area (Å²) in [6, 6.07) is 5.83. The maximum Gasteiger partial charge on any atom is 0.252 e. The maximum absolute atomic E-state index is 13.4. The molecule has 1 aliphatic rings. The SMILES string of the molecule is Cc1cc(C)n2nc(CC(=O)NCC3CCN(c4ccc(F)c(F)c4)C3)nc2n1. The normalized spacial score (nSPS) is 16.6. The van der Waals surface area contributed by atoms with Crippen LogP contribution in [0.5, 0.6) is 0 Å². The highest BCUT2D eigenvalue weighted by Gasteiger charge is 2.24. The van der Waals surface area contributed by atoms with Crippen LogP contribution in [-0.2, 0) is 11.2 Å². The third-order valence-electron chi connectivity index (χ3n) is 5.12. The van der Waals surface area contributed by atoms with Crippen LogP contribution >= 0.6 is 0 Å². The molecule has 4 rings (SSSR count). The molecule has 1 aromatic carbocycles. The predicted molar refractivity (Wildman–Crippen MR) is 104 cm³/mol. The fourth-order valence-corrected chi connectivity index (χ4v) is 3.66. The van der Waals surface area contributed by atoms with Crippen LogP contribution in [-0.4, -0.2) is 45.1 Å². The lowest BCUT2D eigenvalue weighted by Gasteiger charge is -2.19. The maximum atomic E-state index is 13.4. The van der Waals surface area contributed by atoms with Crippen molar-refractivity contribution in [2.24, 2.45) is 5.92 Å². The van der Waals surface area contributed by atoms with E-state index < -0.39 is 11.6 Å². The average molecular weight is 400 g/mol. The highest BCUT2D eigenvalue weighted by atomic mass is 19.2. The van der Waals surface area contributed by atoms with E-state index in [9.17, 15) is 13.6 Å². The number of aromatic nitrogens is 4. The minimum Gasteiger partial charge on any atom is -0.371 e. The zero-order valence-corrected chi connectivity index (χ0v) is 16.3. The van der Waals surface area contributed by atoms with Gasteiger partial charge in [0.25, 0.3) is 5.78 Å². The van der Waals surface area contributed by atoms with Crippen molar-refractivity contribution in [3.8, 4) is 0 Å². The number of nitrogens with one attached hydrogen (secondary N) is 1. The van der Waals surface area contributed by atoms with Gasteiger partial charge in [0.2, 0.25) is 5.91 Å². The number of hydrogen-bond donors (Lipinski definition) is 1. The largest absolute Gasteiger partial charge is 0.371 e. The number of carbonyl (C=O) groups is 1. The summed E-state index contributed by atoms with van der Waals surface area (Å²) >= 11 is 0. The molecule has 9 heteroatoms. The van der Waals surface area contributed by atoms with E-state index >= 15 is 0 Å². The first-order valence-corrected chi connectivity index (χ1v) is 9.55. The number of nitrogens with zero attached hydrogens (tertiary/aromatic N) is 5. The summed E-state index contributed by atoms with van der Waals surface area (Å²) in [6.07, 6.45) is 0.954. The lowest BCUT2D eigenvalue weighted by molar-refractivity contribution is -0.120. The lowest BCUT2D eigenvalue weighted by atomic mass is 10.1. The highest BCUT2D eigenvalue weighted by Crippen LogP contribution is 2.25. The van der Waals surface area contributed by atoms with Crippen LogP contribution in [0, 0.1) is 31.4 Å². The Balaban J connectivity index is 1.31. The van der Waals surface area contributed by atoms with Gasteiger partial charge in [0.1, 0.15) is 0 Å². The Hall–Kier alpha value is -3.10. The number of aryl methyl sites for hydroxylation is 2. The molecule has 2 aromatic heterocycles. The molecule has 0 saturated carbocycles. The first-order chi connectivity index (χ1) is 13.9. The Labute approximate surface area is 166 Å². The molecule has 1 saturated heterocycles. The number of hydrogen-bond acceptors (Lipinski definition) is 5. The standard InChI is InChI=1S/C20H22F2N6O/c1-12-7-13(2)28-20(24-12)25-18(26-28)9-19(29)23-10-14-5-6-27(11-14)15-3-4-16(21)17(22)8-15/h3-4,7-8,14H,5-6,9-11H2,1-2H3,(H,23,29). The quantitative estimate of drug-likeness (QED) is 0.711. The van der Waals surface area contributed by atoms with Crippen molar-refractivity contribution in [3.63, 3.8) is 0 Å². The lowest BCUT2D eigenvalue weighted by Crippen LogP contribution is -2.32. The molecular formula is C20H22F2N6O. The van der Waals surface area contributed by atoms with Gasteiger partial charge in [-0.25, -0.2) is 18.3 Å². The van der Waals surface area contributed by atoms with Crippen molar-refractivity contribution in [2.75, 3.05) is 24.5 Å². The number of fused-ring (bicyclic) bond motifs is 1. The van der Waals surface area contributed by atoms with Gasteiger partial charge < -0.3 is 10.2 Å². The van der Waals surface area contributed by atoms with Gasteiger partial charge >= 0.3 is 0 Å². The van der Waals surface area contributed by atoms with E-state index in [0.717, 1.165) is 30.4 Å². The van der Waals surface area contributed by atoms with E-state index in [-0.39, 0.29) is 18.2 Å². The molecule has 1 amide bonds. The molecule has 7 nitrogen and oxygen atoms in total. The summed E-state index contributed by atoms with van der Waals surface area (Å²) in [4.78, 5) is 23.0. The topological polar surface area (TPSA) is 75.4 Å². The second kappa shape index (κ2) is 7.73.